The molecule has 9 aliphatic rings. The van der Waals surface area contributed by atoms with Crippen LogP contribution in [0.5, 0.6) is 0 Å². The zero-order chi connectivity index (χ0) is 36.9. The summed E-state index contributed by atoms with van der Waals surface area (Å²) in [4.78, 5) is 0. The van der Waals surface area contributed by atoms with Gasteiger partial charge in [-0.15, -0.1) is 0 Å². The normalized spacial score (nSPS) is 39.5. The summed E-state index contributed by atoms with van der Waals surface area (Å²) in [6.45, 7) is 11.2. The van der Waals surface area contributed by atoms with Crippen LogP contribution in [-0.2, 0) is 41.7 Å². The van der Waals surface area contributed by atoms with Crippen LogP contribution in [-0.4, -0.2) is 8.07 Å². The van der Waals surface area contributed by atoms with E-state index in [4.69, 9.17) is 34.1 Å². The van der Waals surface area contributed by atoms with E-state index in [0.717, 1.165) is 41.4 Å². The maximum atomic E-state index is 4.93. The van der Waals surface area contributed by atoms with Crippen LogP contribution in [0, 0.1) is 106 Å². The predicted molar refractivity (Wildman–Crippen MR) is 250 cm³/mol. The zero-order valence-electron chi connectivity index (χ0n) is 38.0. The molecule has 9 saturated carbocycles. The van der Waals surface area contributed by atoms with Gasteiger partial charge in [0.05, 0.1) is 8.07 Å². The summed E-state index contributed by atoms with van der Waals surface area (Å²) in [5.41, 5.74) is 3.05. The summed E-state index contributed by atoms with van der Waals surface area (Å²) in [6, 6.07) is 0. The fourth-order valence-corrected chi connectivity index (χ4v) is 23.3. The van der Waals surface area contributed by atoms with Gasteiger partial charge in [-0.25, -0.2) is 0 Å². The first-order chi connectivity index (χ1) is 25.2. The predicted octanol–water partition coefficient (Wildman–Crippen LogP) is 18.7. The van der Waals surface area contributed by atoms with Gasteiger partial charge in [-0.2, -0.15) is 0 Å². The Labute approximate surface area is 390 Å². The third kappa shape index (κ3) is 12.1. The fraction of sp³-hybridized carbons (Fsp3) is 0.918. The van der Waals surface area contributed by atoms with Crippen LogP contribution in [0.2, 0.25) is 24.2 Å². The molecule has 0 aromatic rings. The van der Waals surface area contributed by atoms with Crippen LogP contribution >= 0.6 is 34.1 Å². The van der Waals surface area contributed by atoms with Gasteiger partial charge in [0.25, 0.3) is 0 Å². The van der Waals surface area contributed by atoms with Gasteiger partial charge in [-0.05, 0) is 139 Å². The Balaban J connectivity index is 0.000000322. The van der Waals surface area contributed by atoms with E-state index in [2.05, 4.69) is 26.9 Å². The third-order valence-corrected chi connectivity index (χ3v) is 24.1. The van der Waals surface area contributed by atoms with Gasteiger partial charge < -0.3 is 29.7 Å². The SMILES string of the molecule is CC(C)(C1CCCC1)C1C2CCCCC2C2CCCCC21.C[Si](C)(C1CCC2CCCCC21)C1C2CCCCC2C2CCCCC21.[CH3-].[CH3-].[CH3-].[CH3-].[Cl][Zr+2][Cl].[Cl][Zr+2][Cl]. The minimum atomic E-state index is -1.16. The Morgan fingerprint density at radius 1 is 0.393 bits per heavy atom. The molecule has 0 aliphatic heterocycles. The Bertz CT molecular complexity index is 1020. The quantitative estimate of drug-likeness (QED) is 0.194. The first kappa shape index (κ1) is 55.3. The zero-order valence-corrected chi connectivity index (χ0v) is 46.9. The van der Waals surface area contributed by atoms with Gasteiger partial charge >= 0.3 is 75.7 Å². The molecule has 326 valence electrons. The van der Waals surface area contributed by atoms with Crippen LogP contribution in [0.4, 0.5) is 0 Å². The average molecular weight is 1030 g/mol. The molecule has 0 aromatic carbocycles. The van der Waals surface area contributed by atoms with Crippen molar-refractivity contribution in [3.8, 4) is 0 Å². The van der Waals surface area contributed by atoms with Crippen LogP contribution < -0.4 is 0 Å². The standard InChI is InChI=1S/C24H42Si.C21H36.4CH3.4ClH.2Zr/c1-25(2,23-16-15-17-9-3-4-10-18(17)23)24-21-13-7-5-11-19(21)20-12-6-8-14-22(20)24;1-21(2,15-9-3-4-10-15)20-18-13-7-5-11-16(18)17-12-6-8-14-19(17)20;;;;;;;;;;/h17-24H,3-16H2,1-2H3;15-20H,3-14H2,1-2H3;4*1H3;4*1H;;/q;;4*-1;;;;;2*+4/p-4. The van der Waals surface area contributed by atoms with Crippen molar-refractivity contribution in [2.24, 2.45) is 76.4 Å². The Hall–Kier alpha value is 3.14. The summed E-state index contributed by atoms with van der Waals surface area (Å²) in [6.07, 6.45) is 40.9. The number of fused-ring (bicyclic) bond motifs is 7. The van der Waals surface area contributed by atoms with E-state index in [1.165, 1.54) is 79.2 Å². The molecule has 0 amide bonds. The molecule has 0 saturated heterocycles. The van der Waals surface area contributed by atoms with Crippen LogP contribution in [0.3, 0.4) is 0 Å². The van der Waals surface area contributed by atoms with Crippen molar-refractivity contribution in [3.05, 3.63) is 29.7 Å². The van der Waals surface area contributed by atoms with Crippen LogP contribution in [0.25, 0.3) is 0 Å². The summed E-state index contributed by atoms with van der Waals surface area (Å²) in [5.74, 6) is 13.6. The van der Waals surface area contributed by atoms with Crippen molar-refractivity contribution < 1.29 is 41.7 Å². The molecule has 0 aromatic heterocycles. The van der Waals surface area contributed by atoms with Crippen molar-refractivity contribution in [2.45, 2.75) is 205 Å². The summed E-state index contributed by atoms with van der Waals surface area (Å²) >= 11 is -1.65. The van der Waals surface area contributed by atoms with Gasteiger partial charge in [0, 0.05) is 0 Å². The second kappa shape index (κ2) is 26.2. The fourth-order valence-electron chi connectivity index (χ4n) is 17.3. The molecule has 0 nitrogen and oxygen atoms in total. The molecule has 0 radical (unpaired) electrons. The number of hydrogen-bond acceptors (Lipinski definition) is 0. The van der Waals surface area contributed by atoms with E-state index in [9.17, 15) is 0 Å². The average Bonchev–Trinajstić information content (AvgIpc) is 3.96. The molecule has 0 N–H and O–H groups in total. The molecular weight excluding hydrogens is 941 g/mol. The molecule has 9 fully saturated rings. The minimum absolute atomic E-state index is 0. The van der Waals surface area contributed by atoms with E-state index in [1.54, 1.807) is 128 Å². The Kier molecular flexibility index (Phi) is 25.9. The second-order valence-electron chi connectivity index (χ2n) is 21.2. The molecular formula is C49H90Cl4SiZr2. The molecule has 0 heterocycles. The van der Waals surface area contributed by atoms with Crippen molar-refractivity contribution in [2.75, 3.05) is 0 Å². The first-order valence-corrected chi connectivity index (χ1v) is 38.9. The van der Waals surface area contributed by atoms with Gasteiger partial charge in [-0.3, -0.25) is 0 Å². The van der Waals surface area contributed by atoms with Crippen LogP contribution in [0.15, 0.2) is 0 Å². The van der Waals surface area contributed by atoms with E-state index >= 15 is 0 Å². The second-order valence-corrected chi connectivity index (χ2v) is 33.7. The van der Waals surface area contributed by atoms with Gasteiger partial charge in [0.2, 0.25) is 0 Å². The molecule has 0 bridgehead atoms. The monoisotopic (exact) mass is 1030 g/mol. The Morgan fingerprint density at radius 3 is 1.11 bits per heavy atom. The van der Waals surface area contributed by atoms with E-state index < -0.39 is 49.8 Å². The first-order valence-electron chi connectivity index (χ1n) is 23.1. The molecule has 9 aliphatic carbocycles. The van der Waals surface area contributed by atoms with Crippen molar-refractivity contribution in [3.63, 3.8) is 0 Å². The van der Waals surface area contributed by atoms with Crippen LogP contribution in [0.1, 0.15) is 181 Å². The molecule has 0 spiro atoms. The van der Waals surface area contributed by atoms with E-state index in [0.29, 0.717) is 5.41 Å². The number of halogens is 4. The Morgan fingerprint density at radius 2 is 0.696 bits per heavy atom. The van der Waals surface area contributed by atoms with Gasteiger partial charge in [-0.1, -0.05) is 143 Å². The summed E-state index contributed by atoms with van der Waals surface area (Å²) < 4.78 is 0. The molecule has 56 heavy (non-hydrogen) atoms. The van der Waals surface area contributed by atoms with Crippen molar-refractivity contribution >= 4 is 42.1 Å². The third-order valence-electron chi connectivity index (χ3n) is 18.9. The maximum absolute atomic E-state index is 4.93. The summed E-state index contributed by atoms with van der Waals surface area (Å²) in [7, 11) is 18.6. The summed E-state index contributed by atoms with van der Waals surface area (Å²) in [5, 5.41) is 0. The molecule has 11 atom stereocenters. The number of rotatable bonds is 4. The van der Waals surface area contributed by atoms with Gasteiger partial charge in [0.15, 0.2) is 0 Å². The van der Waals surface area contributed by atoms with E-state index in [1.807, 2.05) is 0 Å². The van der Waals surface area contributed by atoms with Crippen molar-refractivity contribution in [1.82, 2.24) is 0 Å². The van der Waals surface area contributed by atoms with E-state index in [-0.39, 0.29) is 29.7 Å². The number of hydrogen-bond donors (Lipinski definition) is 0. The topological polar surface area (TPSA) is 0 Å². The molecule has 11 unspecified atom stereocenters. The molecule has 9 rings (SSSR count). The van der Waals surface area contributed by atoms with Crippen molar-refractivity contribution in [1.29, 1.82) is 0 Å². The molecule has 7 heteroatoms. The van der Waals surface area contributed by atoms with Gasteiger partial charge in [0.1, 0.15) is 0 Å².